The number of alkyl halides is 20. The van der Waals surface area contributed by atoms with Crippen LogP contribution in [-0.2, 0) is 20.0 Å². The van der Waals surface area contributed by atoms with Gasteiger partial charge in [0.25, 0.3) is 11.3 Å². The van der Waals surface area contributed by atoms with Gasteiger partial charge in [-0.2, -0.15) is 79.0 Å². The summed E-state index contributed by atoms with van der Waals surface area (Å²) < 4.78 is 305. The minimum Gasteiger partial charge on any atom is -0.633 e. The number of rotatable bonds is 22. The smallest absolute Gasteiger partial charge is 0.431 e. The van der Waals surface area contributed by atoms with Gasteiger partial charge in [-0.1, -0.05) is 0 Å². The molecule has 358 valence electrons. The fraction of sp³-hybridized carbons (Fsp3) is 1.00. The molecule has 2 N–H and O–H groups in total. The summed E-state index contributed by atoms with van der Waals surface area (Å²) in [4.78, 5) is 1.73. The third kappa shape index (κ3) is 21.8. The molecule has 0 aliphatic carbocycles. The number of halogens is 20. The molecule has 0 aliphatic rings. The fourth-order valence-electron chi connectivity index (χ4n) is 4.72. The van der Waals surface area contributed by atoms with Crippen molar-refractivity contribution in [1.29, 1.82) is 0 Å². The number of hydrogen-bond donors (Lipinski definition) is 2. The Labute approximate surface area is 326 Å². The molecule has 0 saturated carbocycles. The highest BCUT2D eigenvalue weighted by atomic mass is 32.2. The molecule has 0 aromatic heterocycles. The molecule has 0 fully saturated rings. The second-order valence-electron chi connectivity index (χ2n) is 14.0. The first-order chi connectivity index (χ1) is 25.7. The summed E-state index contributed by atoms with van der Waals surface area (Å²) in [5.74, 6) is -8.70. The lowest BCUT2D eigenvalue weighted by molar-refractivity contribution is -0.840. The maximum absolute atomic E-state index is 13.6. The Morgan fingerprint density at radius 3 is 1.05 bits per heavy atom. The maximum atomic E-state index is 13.6. The molecule has 31 heteroatoms. The molecule has 0 aliphatic heterocycles. The zero-order valence-corrected chi connectivity index (χ0v) is 33.0. The molecule has 0 rings (SSSR count). The second kappa shape index (κ2) is 21.6. The van der Waals surface area contributed by atoms with E-state index >= 15 is 0 Å². The van der Waals surface area contributed by atoms with Gasteiger partial charge in [-0.25, -0.2) is 35.1 Å². The Bertz CT molecular complexity index is 1430. The first-order valence-electron chi connectivity index (χ1n) is 16.7. The van der Waals surface area contributed by atoms with Crippen molar-refractivity contribution in [2.75, 3.05) is 65.9 Å². The number of nitrogens with one attached hydrogen (secondary N) is 2. The Morgan fingerprint density at radius 2 is 0.814 bits per heavy atom. The Morgan fingerprint density at radius 1 is 0.525 bits per heavy atom. The quantitative estimate of drug-likeness (QED) is 0.0491. The summed E-state index contributed by atoms with van der Waals surface area (Å²) in [6, 6.07) is 0. The highest BCUT2D eigenvalue weighted by Crippen LogP contribution is 2.53. The SMILES string of the molecule is CN(C)CCCNS(=O)(=O)CCCC(CC(F)(C(F)(F)F)C(F)(F)F)C(F)(F)F.C[N+](C)([O-])CCCNS(=O)(=O)CCCC(CC(F)(C(F)(F)F)C(F)(F)F)C(F)(F)F. The average Bonchev–Trinajstić information content (AvgIpc) is 2.96. The molecule has 2 unspecified atom stereocenters. The van der Waals surface area contributed by atoms with E-state index in [9.17, 15) is 110 Å². The molecule has 0 amide bonds. The second-order valence-corrected chi connectivity index (χ2v) is 17.9. The predicted molar refractivity (Wildman–Crippen MR) is 170 cm³/mol. The molecular weight excluding hydrogens is 916 g/mol. The van der Waals surface area contributed by atoms with Gasteiger partial charge in [0.15, 0.2) is 0 Å². The summed E-state index contributed by atoms with van der Waals surface area (Å²) in [7, 11) is -2.33. The van der Waals surface area contributed by atoms with Crippen LogP contribution >= 0.6 is 0 Å². The summed E-state index contributed by atoms with van der Waals surface area (Å²) in [6.07, 6.45) is -47.9. The van der Waals surface area contributed by atoms with E-state index in [1.54, 1.807) is 19.0 Å². The molecule has 59 heavy (non-hydrogen) atoms. The third-order valence-electron chi connectivity index (χ3n) is 8.01. The zero-order chi connectivity index (χ0) is 47.5. The van der Waals surface area contributed by atoms with Crippen molar-refractivity contribution in [1.82, 2.24) is 14.3 Å². The van der Waals surface area contributed by atoms with Crippen LogP contribution < -0.4 is 9.44 Å². The molecule has 0 aromatic rings. The van der Waals surface area contributed by atoms with Crippen molar-refractivity contribution < 1.29 is 109 Å². The zero-order valence-electron chi connectivity index (χ0n) is 31.4. The average molecular weight is 961 g/mol. The van der Waals surface area contributed by atoms with Gasteiger partial charge in [0.05, 0.1) is 44.0 Å². The molecule has 0 aromatic carbocycles. The highest BCUT2D eigenvalue weighted by molar-refractivity contribution is 7.89. The fourth-order valence-corrected chi connectivity index (χ4v) is 7.01. The van der Waals surface area contributed by atoms with E-state index in [0.29, 0.717) is 13.0 Å². The molecule has 0 bridgehead atoms. The predicted octanol–water partition coefficient (Wildman–Crippen LogP) is 8.09. The van der Waals surface area contributed by atoms with E-state index in [4.69, 9.17) is 0 Å². The van der Waals surface area contributed by atoms with Gasteiger partial charge in [-0.15, -0.1) is 0 Å². The van der Waals surface area contributed by atoms with Crippen LogP contribution in [0.1, 0.15) is 51.4 Å². The molecule has 0 spiro atoms. The minimum absolute atomic E-state index is 0.00609. The normalized spacial score (nSPS) is 15.9. The van der Waals surface area contributed by atoms with Crippen molar-refractivity contribution in [3.8, 4) is 0 Å². The summed E-state index contributed by atoms with van der Waals surface area (Å²) >= 11 is 0. The van der Waals surface area contributed by atoms with Gasteiger partial charge in [-0.3, -0.25) is 0 Å². The minimum atomic E-state index is -6.64. The van der Waals surface area contributed by atoms with E-state index in [2.05, 4.69) is 4.72 Å². The summed E-state index contributed by atoms with van der Waals surface area (Å²) in [6.45, 7) is 0.196. The molecule has 0 saturated heterocycles. The molecule has 0 radical (unpaired) electrons. The van der Waals surface area contributed by atoms with Crippen LogP contribution in [0.5, 0.6) is 0 Å². The van der Waals surface area contributed by atoms with E-state index < -0.39 is 135 Å². The topological polar surface area (TPSA) is 119 Å². The third-order valence-corrected chi connectivity index (χ3v) is 10.9. The lowest BCUT2D eigenvalue weighted by Crippen LogP contribution is -2.55. The van der Waals surface area contributed by atoms with Crippen molar-refractivity contribution in [3.05, 3.63) is 5.21 Å². The van der Waals surface area contributed by atoms with Gasteiger partial charge in [0.1, 0.15) is 0 Å². The standard InChI is InChI=1S/C14H22F10N2O3S.C14H22F10N2O2S/c1-26(2,27)7-4-6-25-30(28,29)8-3-5-10(12(16,17)18)9-11(15,13(19,20)21)14(22,23)24;1-26(2)7-4-6-25-29(27,28)8-3-5-10(12(16,17)18)9-11(15,13(19,20)21)14(22,23)24/h10,25H,3-9H2,1-2H3;10,25H,3-9H2,1-2H3. The van der Waals surface area contributed by atoms with Gasteiger partial charge >= 0.3 is 37.1 Å². The van der Waals surface area contributed by atoms with Crippen molar-refractivity contribution in [3.63, 3.8) is 0 Å². The first-order valence-corrected chi connectivity index (χ1v) is 20.0. The van der Waals surface area contributed by atoms with Crippen molar-refractivity contribution in [2.24, 2.45) is 11.8 Å². The summed E-state index contributed by atoms with van der Waals surface area (Å²) in [5, 5.41) is 11.3. The Balaban J connectivity index is 0. The van der Waals surface area contributed by atoms with Crippen LogP contribution in [0.3, 0.4) is 0 Å². The Hall–Kier alpha value is -1.70. The van der Waals surface area contributed by atoms with Gasteiger partial charge in [-0.05, 0) is 52.7 Å². The number of quaternary nitrogens is 1. The van der Waals surface area contributed by atoms with Crippen LogP contribution in [0, 0.1) is 17.0 Å². The lowest BCUT2D eigenvalue weighted by atomic mass is 9.87. The van der Waals surface area contributed by atoms with Crippen LogP contribution in [0.25, 0.3) is 0 Å². The van der Waals surface area contributed by atoms with Crippen molar-refractivity contribution >= 4 is 20.0 Å². The number of hydroxylamine groups is 3. The van der Waals surface area contributed by atoms with Crippen LogP contribution in [0.2, 0.25) is 0 Å². The van der Waals surface area contributed by atoms with Gasteiger partial charge in [0, 0.05) is 32.4 Å². The lowest BCUT2D eigenvalue weighted by Gasteiger charge is -2.33. The Kier molecular flexibility index (Phi) is 21.7. The highest BCUT2D eigenvalue weighted by Gasteiger charge is 2.75. The first kappa shape index (κ1) is 59.4. The number of sulfonamides is 2. The van der Waals surface area contributed by atoms with Crippen LogP contribution in [0.15, 0.2) is 0 Å². The molecule has 9 nitrogen and oxygen atoms in total. The summed E-state index contributed by atoms with van der Waals surface area (Å²) in [5.41, 5.74) is -12.2. The number of nitrogens with zero attached hydrogens (tertiary/aromatic N) is 2. The van der Waals surface area contributed by atoms with E-state index in [-0.39, 0.29) is 26.1 Å². The van der Waals surface area contributed by atoms with E-state index in [1.807, 2.05) is 4.72 Å². The van der Waals surface area contributed by atoms with Crippen LogP contribution in [0.4, 0.5) is 87.8 Å². The largest absolute Gasteiger partial charge is 0.633 e. The number of hydrogen-bond acceptors (Lipinski definition) is 6. The van der Waals surface area contributed by atoms with Gasteiger partial charge < -0.3 is 14.8 Å². The van der Waals surface area contributed by atoms with E-state index in [1.165, 1.54) is 14.1 Å². The maximum Gasteiger partial charge on any atom is 0.431 e. The van der Waals surface area contributed by atoms with Crippen molar-refractivity contribution in [2.45, 2.75) is 99.8 Å². The molecule has 0 heterocycles. The monoisotopic (exact) mass is 960 g/mol. The molecule has 2 atom stereocenters. The van der Waals surface area contributed by atoms with E-state index in [0.717, 1.165) is 0 Å². The van der Waals surface area contributed by atoms with Gasteiger partial charge in [0.2, 0.25) is 20.0 Å². The van der Waals surface area contributed by atoms with Crippen LogP contribution in [-0.4, -0.2) is 141 Å². The molecular formula is C28H44F20N4O5S2.